The molecule has 1 aromatic rings. The summed E-state index contributed by atoms with van der Waals surface area (Å²) in [4.78, 5) is 2.49. The number of nitrogens with zero attached hydrogens (tertiary/aromatic N) is 1. The second-order valence-electron chi connectivity index (χ2n) is 7.35. The molecule has 0 aliphatic carbocycles. The molecular formula is C19H29NO2. The van der Waals surface area contributed by atoms with Crippen LogP contribution in [-0.2, 0) is 0 Å². The molecule has 3 heteroatoms. The zero-order chi connectivity index (χ0) is 15.9. The predicted octanol–water partition coefficient (Wildman–Crippen LogP) is 3.87. The van der Waals surface area contributed by atoms with Gasteiger partial charge in [-0.15, -0.1) is 0 Å². The summed E-state index contributed by atoms with van der Waals surface area (Å²) < 4.78 is 5.99. The van der Waals surface area contributed by atoms with Gasteiger partial charge in [0.1, 0.15) is 18.5 Å². The lowest BCUT2D eigenvalue weighted by Crippen LogP contribution is -2.55. The van der Waals surface area contributed by atoms with Gasteiger partial charge >= 0.3 is 0 Å². The van der Waals surface area contributed by atoms with E-state index in [1.54, 1.807) is 0 Å². The number of aliphatic hydroxyl groups excluding tert-OH is 1. The molecule has 1 N–H and O–H groups in total. The molecule has 1 fully saturated rings. The molecule has 1 aromatic carbocycles. The average Bonchev–Trinajstić information content (AvgIpc) is 2.49. The van der Waals surface area contributed by atoms with Crippen molar-refractivity contribution in [3.05, 3.63) is 29.3 Å². The summed E-state index contributed by atoms with van der Waals surface area (Å²) in [5, 5.41) is 11.0. The number of hydrogen-bond acceptors (Lipinski definition) is 3. The van der Waals surface area contributed by atoms with Crippen LogP contribution in [-0.4, -0.2) is 34.7 Å². The first-order chi connectivity index (χ1) is 10.5. The van der Waals surface area contributed by atoms with Crippen molar-refractivity contribution in [1.29, 1.82) is 0 Å². The van der Waals surface area contributed by atoms with Gasteiger partial charge in [-0.25, -0.2) is 0 Å². The van der Waals surface area contributed by atoms with Crippen LogP contribution in [0, 0.1) is 0 Å². The van der Waals surface area contributed by atoms with Crippen molar-refractivity contribution < 1.29 is 9.84 Å². The monoisotopic (exact) mass is 303 g/mol. The number of rotatable bonds is 2. The molecule has 0 spiro atoms. The number of aliphatic hydroxyl groups is 1. The Balaban J connectivity index is 1.89. The van der Waals surface area contributed by atoms with Crippen LogP contribution in [0.3, 0.4) is 0 Å². The van der Waals surface area contributed by atoms with Crippen molar-refractivity contribution in [2.75, 3.05) is 6.61 Å². The molecule has 0 amide bonds. The Hall–Kier alpha value is -1.06. The van der Waals surface area contributed by atoms with Crippen LogP contribution in [0.15, 0.2) is 18.2 Å². The first-order valence-electron chi connectivity index (χ1n) is 8.71. The molecular weight excluding hydrogens is 274 g/mol. The molecule has 22 heavy (non-hydrogen) atoms. The van der Waals surface area contributed by atoms with Crippen LogP contribution in [0.2, 0.25) is 0 Å². The lowest BCUT2D eigenvalue weighted by molar-refractivity contribution is -0.0471. The fourth-order valence-electron chi connectivity index (χ4n) is 4.11. The Bertz CT molecular complexity index is 518. The van der Waals surface area contributed by atoms with Crippen LogP contribution in [0.5, 0.6) is 5.75 Å². The normalized spacial score (nSPS) is 32.6. The number of ether oxygens (including phenoxy) is 1. The van der Waals surface area contributed by atoms with Crippen molar-refractivity contribution in [1.82, 2.24) is 4.90 Å². The molecule has 3 nitrogen and oxygen atoms in total. The minimum Gasteiger partial charge on any atom is -0.491 e. The molecule has 2 aliphatic rings. The molecule has 2 heterocycles. The van der Waals surface area contributed by atoms with Gasteiger partial charge in [0.05, 0.1) is 6.04 Å². The van der Waals surface area contributed by atoms with E-state index in [9.17, 15) is 5.11 Å². The molecule has 4 atom stereocenters. The minimum atomic E-state index is -0.453. The third-order valence-electron chi connectivity index (χ3n) is 5.44. The minimum absolute atomic E-state index is 0.0696. The summed E-state index contributed by atoms with van der Waals surface area (Å²) in [6.07, 6.45) is 3.26. The maximum absolute atomic E-state index is 11.0. The highest BCUT2D eigenvalue weighted by atomic mass is 16.5. The Labute approximate surface area is 134 Å². The van der Waals surface area contributed by atoms with Crippen molar-refractivity contribution in [2.45, 2.75) is 77.1 Å². The van der Waals surface area contributed by atoms with Gasteiger partial charge in [-0.2, -0.15) is 0 Å². The molecule has 1 saturated heterocycles. The predicted molar refractivity (Wildman–Crippen MR) is 89.4 cm³/mol. The summed E-state index contributed by atoms with van der Waals surface area (Å²) in [7, 11) is 0. The lowest BCUT2D eigenvalue weighted by Gasteiger charge is -2.47. The highest BCUT2D eigenvalue weighted by Crippen LogP contribution is 2.39. The van der Waals surface area contributed by atoms with Gasteiger partial charge in [-0.05, 0) is 50.3 Å². The van der Waals surface area contributed by atoms with Crippen LogP contribution in [0.1, 0.15) is 70.1 Å². The first kappa shape index (κ1) is 15.8. The van der Waals surface area contributed by atoms with E-state index in [4.69, 9.17) is 4.74 Å². The SMILES string of the molecule is CC(C)c1ccc2c(c1)C(O)C(N1C(C)CCCC1C)CO2. The Morgan fingerprint density at radius 3 is 2.50 bits per heavy atom. The van der Waals surface area contributed by atoms with E-state index < -0.39 is 6.10 Å². The lowest BCUT2D eigenvalue weighted by atomic mass is 9.89. The molecule has 0 saturated carbocycles. The van der Waals surface area contributed by atoms with Crippen molar-refractivity contribution in [3.63, 3.8) is 0 Å². The van der Waals surface area contributed by atoms with E-state index in [0.717, 1.165) is 11.3 Å². The number of hydrogen-bond donors (Lipinski definition) is 1. The van der Waals surface area contributed by atoms with Crippen LogP contribution in [0.4, 0.5) is 0 Å². The zero-order valence-corrected chi connectivity index (χ0v) is 14.2. The Kier molecular flexibility index (Phi) is 4.47. The molecule has 3 rings (SSSR count). The van der Waals surface area contributed by atoms with Gasteiger partial charge in [0.2, 0.25) is 0 Å². The van der Waals surface area contributed by atoms with E-state index in [0.29, 0.717) is 24.6 Å². The number of piperidine rings is 1. The van der Waals surface area contributed by atoms with Crippen LogP contribution >= 0.6 is 0 Å². The summed E-state index contributed by atoms with van der Waals surface area (Å²) in [5.74, 6) is 1.32. The van der Waals surface area contributed by atoms with Crippen molar-refractivity contribution in [2.24, 2.45) is 0 Å². The molecule has 122 valence electrons. The van der Waals surface area contributed by atoms with Gasteiger partial charge in [-0.1, -0.05) is 26.3 Å². The number of fused-ring (bicyclic) bond motifs is 1. The van der Waals surface area contributed by atoms with Crippen molar-refractivity contribution >= 4 is 0 Å². The smallest absolute Gasteiger partial charge is 0.125 e. The van der Waals surface area contributed by atoms with E-state index >= 15 is 0 Å². The largest absolute Gasteiger partial charge is 0.491 e. The third kappa shape index (κ3) is 2.77. The fourth-order valence-corrected chi connectivity index (χ4v) is 4.11. The average molecular weight is 303 g/mol. The highest BCUT2D eigenvalue weighted by Gasteiger charge is 2.39. The number of benzene rings is 1. The standard InChI is InChI=1S/C19H29NO2/c1-12(2)15-8-9-18-16(10-15)19(21)17(11-22-18)20-13(3)6-5-7-14(20)4/h8-10,12-14,17,19,21H,5-7,11H2,1-4H3. The fraction of sp³-hybridized carbons (Fsp3) is 0.684. The van der Waals surface area contributed by atoms with Crippen LogP contribution < -0.4 is 4.74 Å². The molecule has 0 bridgehead atoms. The first-order valence-corrected chi connectivity index (χ1v) is 8.71. The van der Waals surface area contributed by atoms with E-state index in [1.807, 2.05) is 6.07 Å². The maximum atomic E-state index is 11.0. The molecule has 4 unspecified atom stereocenters. The van der Waals surface area contributed by atoms with Gasteiger partial charge in [0, 0.05) is 17.6 Å². The molecule has 0 radical (unpaired) electrons. The highest BCUT2D eigenvalue weighted by molar-refractivity contribution is 5.42. The van der Waals surface area contributed by atoms with Gasteiger partial charge in [0.25, 0.3) is 0 Å². The zero-order valence-electron chi connectivity index (χ0n) is 14.2. The Morgan fingerprint density at radius 2 is 1.86 bits per heavy atom. The van der Waals surface area contributed by atoms with E-state index in [2.05, 4.69) is 44.7 Å². The summed E-state index contributed by atoms with van der Waals surface area (Å²) >= 11 is 0. The maximum Gasteiger partial charge on any atom is 0.125 e. The summed E-state index contributed by atoms with van der Waals surface area (Å²) in [6.45, 7) is 9.52. The molecule has 0 aromatic heterocycles. The van der Waals surface area contributed by atoms with Crippen LogP contribution in [0.25, 0.3) is 0 Å². The van der Waals surface area contributed by atoms with Gasteiger partial charge in [-0.3, -0.25) is 4.90 Å². The van der Waals surface area contributed by atoms with Gasteiger partial charge in [0.15, 0.2) is 0 Å². The topological polar surface area (TPSA) is 32.7 Å². The second kappa shape index (κ2) is 6.21. The van der Waals surface area contributed by atoms with E-state index in [1.165, 1.54) is 24.8 Å². The second-order valence-corrected chi connectivity index (χ2v) is 7.35. The van der Waals surface area contributed by atoms with E-state index in [-0.39, 0.29) is 6.04 Å². The quantitative estimate of drug-likeness (QED) is 0.900. The summed E-state index contributed by atoms with van der Waals surface area (Å²) in [5.41, 5.74) is 2.23. The summed E-state index contributed by atoms with van der Waals surface area (Å²) in [6, 6.07) is 7.37. The third-order valence-corrected chi connectivity index (χ3v) is 5.44. The molecule has 2 aliphatic heterocycles. The van der Waals surface area contributed by atoms with Gasteiger partial charge < -0.3 is 9.84 Å². The number of likely N-dealkylation sites (tertiary alicyclic amines) is 1. The Morgan fingerprint density at radius 1 is 1.18 bits per heavy atom. The van der Waals surface area contributed by atoms with Crippen molar-refractivity contribution in [3.8, 4) is 5.75 Å².